The van der Waals surface area contributed by atoms with Crippen molar-refractivity contribution in [2.75, 3.05) is 6.61 Å². The van der Waals surface area contributed by atoms with Crippen molar-refractivity contribution in [3.05, 3.63) is 35.1 Å². The van der Waals surface area contributed by atoms with Gasteiger partial charge in [0, 0.05) is 6.61 Å². The summed E-state index contributed by atoms with van der Waals surface area (Å²) in [6.07, 6.45) is 6.51. The molecule has 2 fully saturated rings. The molecular weight excluding hydrogens is 289 g/mol. The minimum atomic E-state index is -1.37. The third-order valence-corrected chi connectivity index (χ3v) is 5.31. The van der Waals surface area contributed by atoms with Crippen molar-refractivity contribution in [3.63, 3.8) is 0 Å². The Morgan fingerprint density at radius 1 is 0.909 bits per heavy atom. The molecule has 3 rings (SSSR count). The predicted molar refractivity (Wildman–Crippen MR) is 79.2 cm³/mol. The van der Waals surface area contributed by atoms with Gasteiger partial charge in [-0.05, 0) is 74.0 Å². The lowest BCUT2D eigenvalue weighted by Crippen LogP contribution is -2.33. The highest BCUT2D eigenvalue weighted by Gasteiger charge is 2.31. The average Bonchev–Trinajstić information content (AvgIpc) is 2.53. The maximum Gasteiger partial charge on any atom is 0.194 e. The Labute approximate surface area is 129 Å². The molecule has 122 valence electrons. The first-order valence-electron chi connectivity index (χ1n) is 8.30. The van der Waals surface area contributed by atoms with Crippen LogP contribution < -0.4 is 0 Å². The molecule has 1 aromatic carbocycles. The number of ether oxygens (including phenoxy) is 1. The molecule has 1 saturated carbocycles. The summed E-state index contributed by atoms with van der Waals surface area (Å²) < 4.78 is 45.7. The maximum absolute atomic E-state index is 13.4. The topological polar surface area (TPSA) is 9.23 Å². The SMILES string of the molecule is CC1CCC(C2CCC(c3cc(F)c(F)c(F)c3)CC2)OC1. The number of hydrogen-bond donors (Lipinski definition) is 0. The molecular formula is C18H23F3O. The van der Waals surface area contributed by atoms with E-state index < -0.39 is 17.5 Å². The molecule has 0 aromatic heterocycles. The number of hydrogen-bond acceptors (Lipinski definition) is 1. The molecule has 1 aliphatic carbocycles. The van der Waals surface area contributed by atoms with E-state index in [-0.39, 0.29) is 5.92 Å². The lowest BCUT2D eigenvalue weighted by Gasteiger charge is -2.37. The van der Waals surface area contributed by atoms with Gasteiger partial charge in [0.05, 0.1) is 6.10 Å². The molecule has 1 nitrogen and oxygen atoms in total. The summed E-state index contributed by atoms with van der Waals surface area (Å²) >= 11 is 0. The third-order valence-electron chi connectivity index (χ3n) is 5.31. The molecule has 2 atom stereocenters. The van der Waals surface area contributed by atoms with E-state index in [1.54, 1.807) is 0 Å². The molecule has 1 aliphatic heterocycles. The third kappa shape index (κ3) is 3.32. The molecule has 0 radical (unpaired) electrons. The quantitative estimate of drug-likeness (QED) is 0.683. The van der Waals surface area contributed by atoms with Crippen LogP contribution in [0.4, 0.5) is 13.2 Å². The van der Waals surface area contributed by atoms with Crippen LogP contribution in [0.15, 0.2) is 12.1 Å². The monoisotopic (exact) mass is 312 g/mol. The van der Waals surface area contributed by atoms with Gasteiger partial charge in [0.15, 0.2) is 17.5 Å². The lowest BCUT2D eigenvalue weighted by molar-refractivity contribution is -0.0524. The second-order valence-corrected chi connectivity index (χ2v) is 6.96. The first kappa shape index (κ1) is 15.9. The summed E-state index contributed by atoms with van der Waals surface area (Å²) in [6, 6.07) is 2.31. The van der Waals surface area contributed by atoms with E-state index in [9.17, 15) is 13.2 Å². The van der Waals surface area contributed by atoms with Gasteiger partial charge in [-0.15, -0.1) is 0 Å². The van der Waals surface area contributed by atoms with Crippen molar-refractivity contribution >= 4 is 0 Å². The number of halogens is 3. The molecule has 4 heteroatoms. The van der Waals surface area contributed by atoms with Gasteiger partial charge in [0.1, 0.15) is 0 Å². The van der Waals surface area contributed by atoms with E-state index in [2.05, 4.69) is 6.92 Å². The number of benzene rings is 1. The zero-order chi connectivity index (χ0) is 15.7. The van der Waals surface area contributed by atoms with E-state index in [0.29, 0.717) is 23.5 Å². The van der Waals surface area contributed by atoms with E-state index in [1.807, 2.05) is 0 Å². The van der Waals surface area contributed by atoms with E-state index in [4.69, 9.17) is 4.74 Å². The number of rotatable bonds is 2. The lowest BCUT2D eigenvalue weighted by atomic mass is 9.75. The highest BCUT2D eigenvalue weighted by Crippen LogP contribution is 2.40. The molecule has 22 heavy (non-hydrogen) atoms. The van der Waals surface area contributed by atoms with Crippen molar-refractivity contribution in [1.82, 2.24) is 0 Å². The Bertz CT molecular complexity index is 492. The average molecular weight is 312 g/mol. The minimum Gasteiger partial charge on any atom is -0.378 e. The van der Waals surface area contributed by atoms with Gasteiger partial charge >= 0.3 is 0 Å². The summed E-state index contributed by atoms with van der Waals surface area (Å²) in [7, 11) is 0. The fraction of sp³-hybridized carbons (Fsp3) is 0.667. The molecule has 2 unspecified atom stereocenters. The van der Waals surface area contributed by atoms with Crippen molar-refractivity contribution in [1.29, 1.82) is 0 Å². The molecule has 0 amide bonds. The Balaban J connectivity index is 1.60. The van der Waals surface area contributed by atoms with Crippen molar-refractivity contribution in [2.45, 2.75) is 57.5 Å². The van der Waals surface area contributed by atoms with Crippen LogP contribution in [0.5, 0.6) is 0 Å². The van der Waals surface area contributed by atoms with Crippen LogP contribution in [0.2, 0.25) is 0 Å². The van der Waals surface area contributed by atoms with Gasteiger partial charge in [0.25, 0.3) is 0 Å². The van der Waals surface area contributed by atoms with Crippen molar-refractivity contribution in [3.8, 4) is 0 Å². The van der Waals surface area contributed by atoms with Crippen LogP contribution in [-0.4, -0.2) is 12.7 Å². The molecule has 1 heterocycles. The van der Waals surface area contributed by atoms with Crippen molar-refractivity contribution in [2.24, 2.45) is 11.8 Å². The second-order valence-electron chi connectivity index (χ2n) is 6.96. The minimum absolute atomic E-state index is 0.128. The summed E-state index contributed by atoms with van der Waals surface area (Å²) in [6.45, 7) is 3.06. The van der Waals surface area contributed by atoms with Crippen LogP contribution in [-0.2, 0) is 4.74 Å². The second kappa shape index (κ2) is 6.61. The summed E-state index contributed by atoms with van der Waals surface area (Å²) in [5.41, 5.74) is 0.591. The standard InChI is InChI=1S/C18H23F3O/c1-11-2-7-17(22-10-11)13-5-3-12(4-6-13)14-8-15(19)18(21)16(20)9-14/h8-9,11-13,17H,2-7,10H2,1H3. The highest BCUT2D eigenvalue weighted by molar-refractivity contribution is 5.23. The first-order chi connectivity index (χ1) is 10.5. The molecule has 0 bridgehead atoms. The smallest absolute Gasteiger partial charge is 0.194 e. The Kier molecular flexibility index (Phi) is 4.76. The predicted octanol–water partition coefficient (Wildman–Crippen LogP) is 5.19. The first-order valence-corrected chi connectivity index (χ1v) is 8.30. The Morgan fingerprint density at radius 3 is 2.09 bits per heavy atom. The van der Waals surface area contributed by atoms with Crippen LogP contribution >= 0.6 is 0 Å². The fourth-order valence-corrected chi connectivity index (χ4v) is 3.91. The van der Waals surface area contributed by atoms with Crippen LogP contribution in [0.1, 0.15) is 56.9 Å². The van der Waals surface area contributed by atoms with E-state index >= 15 is 0 Å². The van der Waals surface area contributed by atoms with Gasteiger partial charge in [-0.25, -0.2) is 13.2 Å². The normalized spacial score (nSPS) is 32.9. The van der Waals surface area contributed by atoms with Crippen LogP contribution in [0.3, 0.4) is 0 Å². The zero-order valence-corrected chi connectivity index (χ0v) is 13.0. The zero-order valence-electron chi connectivity index (χ0n) is 13.0. The van der Waals surface area contributed by atoms with E-state index in [0.717, 1.165) is 50.8 Å². The Morgan fingerprint density at radius 2 is 1.55 bits per heavy atom. The molecule has 0 spiro atoms. The summed E-state index contributed by atoms with van der Waals surface area (Å²) in [4.78, 5) is 0. The van der Waals surface area contributed by atoms with E-state index in [1.165, 1.54) is 6.42 Å². The Hall–Kier alpha value is -1.03. The van der Waals surface area contributed by atoms with Gasteiger partial charge in [-0.3, -0.25) is 0 Å². The molecule has 2 aliphatic rings. The van der Waals surface area contributed by atoms with Crippen LogP contribution in [0, 0.1) is 29.3 Å². The molecule has 1 aromatic rings. The van der Waals surface area contributed by atoms with Gasteiger partial charge in [-0.1, -0.05) is 6.92 Å². The van der Waals surface area contributed by atoms with Gasteiger partial charge in [0.2, 0.25) is 0 Å². The largest absolute Gasteiger partial charge is 0.378 e. The fourth-order valence-electron chi connectivity index (χ4n) is 3.91. The highest BCUT2D eigenvalue weighted by atomic mass is 19.2. The molecule has 0 N–H and O–H groups in total. The van der Waals surface area contributed by atoms with Gasteiger partial charge < -0.3 is 4.74 Å². The van der Waals surface area contributed by atoms with Crippen LogP contribution in [0.25, 0.3) is 0 Å². The van der Waals surface area contributed by atoms with Crippen molar-refractivity contribution < 1.29 is 17.9 Å². The summed E-state index contributed by atoms with van der Waals surface area (Å²) in [5, 5.41) is 0. The summed E-state index contributed by atoms with van der Waals surface area (Å²) in [5.74, 6) is -2.20. The molecule has 1 saturated heterocycles. The maximum atomic E-state index is 13.4. The van der Waals surface area contributed by atoms with Gasteiger partial charge in [-0.2, -0.15) is 0 Å².